The van der Waals surface area contributed by atoms with E-state index in [0.717, 1.165) is 13.0 Å². The number of ketones is 1. The minimum Gasteiger partial charge on any atom is -0.355 e. The largest absolute Gasteiger partial charge is 0.355 e. The van der Waals surface area contributed by atoms with Crippen molar-refractivity contribution in [3.8, 4) is 0 Å². The smallest absolute Gasteiger partial charge is 0.239 e. The van der Waals surface area contributed by atoms with E-state index in [2.05, 4.69) is 10.6 Å². The first kappa shape index (κ1) is 19.8. The number of hydrogen-bond acceptors (Lipinski definition) is 4. The van der Waals surface area contributed by atoms with Gasteiger partial charge in [0.25, 0.3) is 0 Å². The van der Waals surface area contributed by atoms with Crippen LogP contribution in [0.2, 0.25) is 0 Å². The van der Waals surface area contributed by atoms with Crippen molar-refractivity contribution >= 4 is 23.3 Å². The Labute approximate surface area is 143 Å². The van der Waals surface area contributed by atoms with Crippen molar-refractivity contribution in [1.82, 2.24) is 10.2 Å². The van der Waals surface area contributed by atoms with Crippen LogP contribution in [0.3, 0.4) is 0 Å². The summed E-state index contributed by atoms with van der Waals surface area (Å²) in [6, 6.07) is 6.67. The molecule has 0 saturated heterocycles. The molecule has 0 atom stereocenters. The molecule has 24 heavy (non-hydrogen) atoms. The minimum atomic E-state index is -1.20. The first-order valence-electron chi connectivity index (χ1n) is 8.00. The third-order valence-corrected chi connectivity index (χ3v) is 3.73. The van der Waals surface area contributed by atoms with Gasteiger partial charge in [-0.15, -0.1) is 0 Å². The maximum absolute atomic E-state index is 12.4. The molecular formula is C18H27N3O3. The summed E-state index contributed by atoms with van der Waals surface area (Å²) in [6.45, 7) is 6.02. The van der Waals surface area contributed by atoms with E-state index >= 15 is 0 Å². The van der Waals surface area contributed by atoms with Gasteiger partial charge in [0.1, 0.15) is 5.41 Å². The molecule has 1 rings (SSSR count). The summed E-state index contributed by atoms with van der Waals surface area (Å²) < 4.78 is 0. The van der Waals surface area contributed by atoms with Crippen LogP contribution in [0.1, 0.15) is 37.6 Å². The molecule has 0 heterocycles. The zero-order valence-corrected chi connectivity index (χ0v) is 15.1. The molecule has 0 aliphatic heterocycles. The van der Waals surface area contributed by atoms with Crippen LogP contribution in [0.4, 0.5) is 5.69 Å². The Morgan fingerprint density at radius 3 is 2.38 bits per heavy atom. The quantitative estimate of drug-likeness (QED) is 0.433. The van der Waals surface area contributed by atoms with Crippen molar-refractivity contribution in [1.29, 1.82) is 0 Å². The number of benzene rings is 1. The van der Waals surface area contributed by atoms with Crippen LogP contribution in [0, 0.1) is 5.41 Å². The van der Waals surface area contributed by atoms with E-state index < -0.39 is 11.3 Å². The molecular weight excluding hydrogens is 306 g/mol. The van der Waals surface area contributed by atoms with Gasteiger partial charge in [0.2, 0.25) is 11.8 Å². The topological polar surface area (TPSA) is 78.5 Å². The van der Waals surface area contributed by atoms with E-state index in [1.165, 1.54) is 6.92 Å². The van der Waals surface area contributed by atoms with Crippen LogP contribution in [0.25, 0.3) is 0 Å². The number of nitrogens with one attached hydrogen (secondary N) is 2. The summed E-state index contributed by atoms with van der Waals surface area (Å²) in [5.41, 5.74) is -0.190. The predicted octanol–water partition coefficient (Wildman–Crippen LogP) is 1.92. The number of carbonyl (C=O) groups excluding carboxylic acids is 3. The first-order valence-corrected chi connectivity index (χ1v) is 8.00. The molecule has 0 saturated carbocycles. The maximum Gasteiger partial charge on any atom is 0.239 e. The first-order chi connectivity index (χ1) is 11.1. The third kappa shape index (κ3) is 5.77. The standard InChI is InChI=1S/C18H27N3O3/c1-13(22)14-8-6-9-15(12-14)20-17(24)18(2,3)16(23)19-10-7-11-21(4)5/h6,8-9,12H,7,10-11H2,1-5H3,(H,19,23)(H,20,24). The molecule has 1 aromatic carbocycles. The Kier molecular flexibility index (Phi) is 7.10. The highest BCUT2D eigenvalue weighted by Crippen LogP contribution is 2.20. The zero-order valence-electron chi connectivity index (χ0n) is 15.1. The lowest BCUT2D eigenvalue weighted by molar-refractivity contribution is -0.138. The monoisotopic (exact) mass is 333 g/mol. The van der Waals surface area contributed by atoms with Gasteiger partial charge in [0.15, 0.2) is 5.78 Å². The lowest BCUT2D eigenvalue weighted by atomic mass is 9.91. The summed E-state index contributed by atoms with van der Waals surface area (Å²) in [7, 11) is 3.93. The third-order valence-electron chi connectivity index (χ3n) is 3.73. The van der Waals surface area contributed by atoms with E-state index in [1.54, 1.807) is 38.1 Å². The second-order valence-corrected chi connectivity index (χ2v) is 6.63. The molecule has 6 heteroatoms. The molecule has 0 aliphatic rings. The lowest BCUT2D eigenvalue weighted by Crippen LogP contribution is -2.45. The van der Waals surface area contributed by atoms with E-state index in [1.807, 2.05) is 19.0 Å². The molecule has 132 valence electrons. The van der Waals surface area contributed by atoms with Gasteiger partial charge in [0.05, 0.1) is 0 Å². The highest BCUT2D eigenvalue weighted by atomic mass is 16.2. The van der Waals surface area contributed by atoms with Crippen LogP contribution >= 0.6 is 0 Å². The normalized spacial score (nSPS) is 11.2. The van der Waals surface area contributed by atoms with Gasteiger partial charge in [-0.25, -0.2) is 0 Å². The van der Waals surface area contributed by atoms with Crippen molar-refractivity contribution < 1.29 is 14.4 Å². The highest BCUT2D eigenvalue weighted by molar-refractivity contribution is 6.10. The Hall–Kier alpha value is -2.21. The summed E-state index contributed by atoms with van der Waals surface area (Å²) in [4.78, 5) is 38.1. The SMILES string of the molecule is CC(=O)c1cccc(NC(=O)C(C)(C)C(=O)NCCCN(C)C)c1. The molecule has 2 N–H and O–H groups in total. The molecule has 0 aromatic heterocycles. The van der Waals surface area contributed by atoms with Gasteiger partial charge >= 0.3 is 0 Å². The number of amides is 2. The summed E-state index contributed by atoms with van der Waals surface area (Å²) >= 11 is 0. The summed E-state index contributed by atoms with van der Waals surface area (Å²) in [5, 5.41) is 5.50. The fraction of sp³-hybridized carbons (Fsp3) is 0.500. The van der Waals surface area contributed by atoms with Gasteiger partial charge < -0.3 is 15.5 Å². The predicted molar refractivity (Wildman–Crippen MR) is 95.0 cm³/mol. The number of Topliss-reactive ketones (excluding diaryl/α,β-unsaturated/α-hetero) is 1. The van der Waals surface area contributed by atoms with Crippen molar-refractivity contribution in [2.24, 2.45) is 5.41 Å². The summed E-state index contributed by atoms with van der Waals surface area (Å²) in [5.74, 6) is -0.807. The number of nitrogens with zero attached hydrogens (tertiary/aromatic N) is 1. The highest BCUT2D eigenvalue weighted by Gasteiger charge is 2.35. The summed E-state index contributed by atoms with van der Waals surface area (Å²) in [6.07, 6.45) is 0.817. The van der Waals surface area contributed by atoms with Gasteiger partial charge in [-0.3, -0.25) is 14.4 Å². The second kappa shape index (κ2) is 8.59. The number of rotatable bonds is 8. The van der Waals surface area contributed by atoms with E-state index in [4.69, 9.17) is 0 Å². The average molecular weight is 333 g/mol. The minimum absolute atomic E-state index is 0.0796. The van der Waals surface area contributed by atoms with Crippen LogP contribution in [-0.2, 0) is 9.59 Å². The van der Waals surface area contributed by atoms with Crippen LogP contribution in [0.15, 0.2) is 24.3 Å². The second-order valence-electron chi connectivity index (χ2n) is 6.63. The average Bonchev–Trinajstić information content (AvgIpc) is 2.51. The van der Waals surface area contributed by atoms with Gasteiger partial charge in [-0.2, -0.15) is 0 Å². The Morgan fingerprint density at radius 1 is 1.12 bits per heavy atom. The Balaban J connectivity index is 2.65. The lowest BCUT2D eigenvalue weighted by Gasteiger charge is -2.23. The number of anilines is 1. The molecule has 1 aromatic rings. The van der Waals surface area contributed by atoms with Crippen molar-refractivity contribution in [3.05, 3.63) is 29.8 Å². The van der Waals surface area contributed by atoms with E-state index in [-0.39, 0.29) is 11.7 Å². The number of hydrogen-bond donors (Lipinski definition) is 2. The molecule has 0 fully saturated rings. The fourth-order valence-electron chi connectivity index (χ4n) is 2.02. The fourth-order valence-corrected chi connectivity index (χ4v) is 2.02. The zero-order chi connectivity index (χ0) is 18.3. The maximum atomic E-state index is 12.4. The van der Waals surface area contributed by atoms with Gasteiger partial charge in [0, 0.05) is 17.8 Å². The van der Waals surface area contributed by atoms with E-state index in [9.17, 15) is 14.4 Å². The van der Waals surface area contributed by atoms with Gasteiger partial charge in [-0.1, -0.05) is 12.1 Å². The van der Waals surface area contributed by atoms with Gasteiger partial charge in [-0.05, 0) is 60.0 Å². The number of carbonyl (C=O) groups is 3. The van der Waals surface area contributed by atoms with Crippen LogP contribution in [0.5, 0.6) is 0 Å². The molecule has 0 bridgehead atoms. The molecule has 0 unspecified atom stereocenters. The van der Waals surface area contributed by atoms with Crippen molar-refractivity contribution in [2.75, 3.05) is 32.5 Å². The molecule has 0 spiro atoms. The molecule has 0 radical (unpaired) electrons. The Bertz CT molecular complexity index is 609. The van der Waals surface area contributed by atoms with Crippen molar-refractivity contribution in [2.45, 2.75) is 27.2 Å². The van der Waals surface area contributed by atoms with Crippen molar-refractivity contribution in [3.63, 3.8) is 0 Å². The molecule has 0 aliphatic carbocycles. The molecule has 2 amide bonds. The van der Waals surface area contributed by atoms with E-state index in [0.29, 0.717) is 17.8 Å². The Morgan fingerprint density at radius 2 is 1.79 bits per heavy atom. The van der Waals surface area contributed by atoms with Crippen LogP contribution < -0.4 is 10.6 Å². The van der Waals surface area contributed by atoms with Crippen LogP contribution in [-0.4, -0.2) is 49.7 Å². The molecule has 6 nitrogen and oxygen atoms in total.